The van der Waals surface area contributed by atoms with Crippen LogP contribution < -0.4 is 9.80 Å². The maximum atomic E-state index is 2.35. The molecular weight excluding hydrogens is 845 g/mol. The van der Waals surface area contributed by atoms with Crippen LogP contribution in [0.2, 0.25) is 0 Å². The highest BCUT2D eigenvalue weighted by Gasteiger charge is 2.17. The van der Waals surface area contributed by atoms with E-state index in [4.69, 9.17) is 0 Å². The highest BCUT2D eigenvalue weighted by molar-refractivity contribution is 6.10. The molecule has 0 aliphatic heterocycles. The first-order valence-electron chi connectivity index (χ1n) is 24.0. The summed E-state index contributed by atoms with van der Waals surface area (Å²) in [5.41, 5.74) is 13.9. The number of hydrogen-bond acceptors (Lipinski definition) is 2. The van der Waals surface area contributed by atoms with Gasteiger partial charge in [0.2, 0.25) is 0 Å². The van der Waals surface area contributed by atoms with Crippen LogP contribution in [0.25, 0.3) is 78.5 Å². The molecule has 0 aromatic heterocycles. The quantitative estimate of drug-likeness (QED) is 0.119. The van der Waals surface area contributed by atoms with Crippen LogP contribution in [-0.2, 0) is 0 Å². The fourth-order valence-corrected chi connectivity index (χ4v) is 10.1. The normalized spacial score (nSPS) is 11.6. The van der Waals surface area contributed by atoms with E-state index >= 15 is 0 Å². The lowest BCUT2D eigenvalue weighted by Gasteiger charge is -2.27. The van der Waals surface area contributed by atoms with E-state index in [0.717, 1.165) is 45.3 Å². The Balaban J connectivity index is 0.825. The van der Waals surface area contributed by atoms with E-state index in [0.29, 0.717) is 0 Å². The molecule has 12 aromatic carbocycles. The molecule has 0 aliphatic carbocycles. The van der Waals surface area contributed by atoms with Gasteiger partial charge in [-0.25, -0.2) is 0 Å². The molecule has 0 amide bonds. The zero-order valence-corrected chi connectivity index (χ0v) is 38.6. The first kappa shape index (κ1) is 42.1. The zero-order valence-electron chi connectivity index (χ0n) is 38.6. The van der Waals surface area contributed by atoms with Gasteiger partial charge in [0.05, 0.1) is 11.4 Å². The molecule has 0 atom stereocenters. The summed E-state index contributed by atoms with van der Waals surface area (Å²) in [7, 11) is 0. The average molecular weight is 893 g/mol. The van der Waals surface area contributed by atoms with Crippen molar-refractivity contribution in [2.24, 2.45) is 0 Å². The van der Waals surface area contributed by atoms with E-state index in [1.165, 1.54) is 65.3 Å². The van der Waals surface area contributed by atoms with Crippen molar-refractivity contribution in [2.45, 2.75) is 0 Å². The van der Waals surface area contributed by atoms with E-state index in [1.807, 2.05) is 0 Å². The van der Waals surface area contributed by atoms with E-state index in [1.54, 1.807) is 0 Å². The minimum atomic E-state index is 1.11. The van der Waals surface area contributed by atoms with Crippen molar-refractivity contribution >= 4 is 102 Å². The number of nitrogens with zero attached hydrogens (tertiary/aromatic N) is 2. The maximum absolute atomic E-state index is 2.35. The summed E-state index contributed by atoms with van der Waals surface area (Å²) in [5, 5.41) is 9.79. The minimum Gasteiger partial charge on any atom is -0.310 e. The lowest BCUT2D eigenvalue weighted by molar-refractivity contribution is 1.30. The number of hydrogen-bond donors (Lipinski definition) is 0. The number of rotatable bonds is 11. The van der Waals surface area contributed by atoms with Gasteiger partial charge in [0.15, 0.2) is 0 Å². The van der Waals surface area contributed by atoms with E-state index in [-0.39, 0.29) is 0 Å². The molecule has 0 bridgehead atoms. The monoisotopic (exact) mass is 892 g/mol. The minimum absolute atomic E-state index is 1.11. The van der Waals surface area contributed by atoms with Gasteiger partial charge >= 0.3 is 0 Å². The van der Waals surface area contributed by atoms with Gasteiger partial charge < -0.3 is 9.80 Å². The maximum Gasteiger partial charge on any atom is 0.0540 e. The van der Waals surface area contributed by atoms with Crippen LogP contribution in [0.4, 0.5) is 34.1 Å². The molecule has 0 fully saturated rings. The molecule has 0 heterocycles. The topological polar surface area (TPSA) is 6.48 Å². The van der Waals surface area contributed by atoms with E-state index < -0.39 is 0 Å². The number of fused-ring (bicyclic) bond motifs is 4. The first-order chi connectivity index (χ1) is 34.7. The van der Waals surface area contributed by atoms with E-state index in [9.17, 15) is 0 Å². The van der Waals surface area contributed by atoms with Crippen LogP contribution in [-0.4, -0.2) is 0 Å². The Labute approximate surface area is 409 Å². The Morgan fingerprint density at radius 3 is 0.957 bits per heavy atom. The van der Waals surface area contributed by atoms with Gasteiger partial charge in [0.25, 0.3) is 0 Å². The van der Waals surface area contributed by atoms with Crippen LogP contribution in [0.1, 0.15) is 22.3 Å². The lowest BCUT2D eigenvalue weighted by atomic mass is 9.90. The van der Waals surface area contributed by atoms with Gasteiger partial charge in [-0.1, -0.05) is 231 Å². The molecule has 0 saturated carbocycles. The third-order valence-corrected chi connectivity index (χ3v) is 13.5. The summed E-state index contributed by atoms with van der Waals surface area (Å²) in [4.78, 5) is 4.70. The van der Waals surface area contributed by atoms with Crippen LogP contribution >= 0.6 is 0 Å². The van der Waals surface area contributed by atoms with Crippen molar-refractivity contribution in [1.29, 1.82) is 0 Å². The molecule has 0 N–H and O–H groups in total. The Kier molecular flexibility index (Phi) is 11.3. The molecule has 0 radical (unpaired) electrons. The number of benzene rings is 12. The molecule has 12 rings (SSSR count). The van der Waals surface area contributed by atoms with E-state index in [2.05, 4.69) is 301 Å². The molecule has 70 heavy (non-hydrogen) atoms. The highest BCUT2D eigenvalue weighted by Crippen LogP contribution is 2.42. The Morgan fingerprint density at radius 2 is 0.543 bits per heavy atom. The summed E-state index contributed by atoms with van der Waals surface area (Å²) in [6.45, 7) is 0. The van der Waals surface area contributed by atoms with Gasteiger partial charge in [0, 0.05) is 33.5 Å². The largest absolute Gasteiger partial charge is 0.310 e. The highest BCUT2D eigenvalue weighted by atomic mass is 15.1. The fraction of sp³-hybridized carbons (Fsp3) is 0. The predicted molar refractivity (Wildman–Crippen MR) is 302 cm³/mol. The summed E-state index contributed by atoms with van der Waals surface area (Å²) in [6, 6.07) is 96.0. The molecular formula is C68H48N2. The van der Waals surface area contributed by atoms with Crippen molar-refractivity contribution in [3.05, 3.63) is 289 Å². The number of para-hydroxylation sites is 2. The second-order valence-corrected chi connectivity index (χ2v) is 17.7. The summed E-state index contributed by atoms with van der Waals surface area (Å²) >= 11 is 0. The third kappa shape index (κ3) is 8.19. The van der Waals surface area contributed by atoms with Crippen molar-refractivity contribution < 1.29 is 0 Å². The van der Waals surface area contributed by atoms with Crippen molar-refractivity contribution in [2.75, 3.05) is 9.80 Å². The van der Waals surface area contributed by atoms with Crippen LogP contribution in [0.15, 0.2) is 267 Å². The first-order valence-corrected chi connectivity index (χ1v) is 24.0. The van der Waals surface area contributed by atoms with Gasteiger partial charge in [0.1, 0.15) is 0 Å². The Bertz CT molecular complexity index is 3600. The lowest BCUT2D eigenvalue weighted by Crippen LogP contribution is -2.10. The Hall–Kier alpha value is -9.24. The second-order valence-electron chi connectivity index (χ2n) is 17.7. The molecule has 12 aromatic rings. The van der Waals surface area contributed by atoms with Crippen molar-refractivity contribution in [3.63, 3.8) is 0 Å². The molecule has 330 valence electrons. The summed E-state index contributed by atoms with van der Waals surface area (Å²) in [5.74, 6) is 0. The molecule has 2 nitrogen and oxygen atoms in total. The summed E-state index contributed by atoms with van der Waals surface area (Å²) < 4.78 is 0. The smallest absolute Gasteiger partial charge is 0.0540 e. The van der Waals surface area contributed by atoms with Gasteiger partial charge in [-0.15, -0.1) is 0 Å². The molecule has 0 aliphatic rings. The molecule has 0 spiro atoms. The van der Waals surface area contributed by atoms with Gasteiger partial charge in [-0.2, -0.15) is 0 Å². The van der Waals surface area contributed by atoms with Crippen molar-refractivity contribution in [3.8, 4) is 11.1 Å². The second kappa shape index (κ2) is 18.8. The zero-order chi connectivity index (χ0) is 46.6. The van der Waals surface area contributed by atoms with Gasteiger partial charge in [-0.05, 0) is 126 Å². The van der Waals surface area contributed by atoms with Crippen LogP contribution in [0.3, 0.4) is 0 Å². The van der Waals surface area contributed by atoms with Crippen LogP contribution in [0.5, 0.6) is 0 Å². The summed E-state index contributed by atoms with van der Waals surface area (Å²) in [6.07, 6.45) is 8.96. The third-order valence-electron chi connectivity index (χ3n) is 13.5. The fourth-order valence-electron chi connectivity index (χ4n) is 10.1. The number of anilines is 6. The standard InChI is InChI=1S/C68H48N2/c1-3-21-55(22-4-1)69(67-31-15-19-51-17-7-9-27-61(51)67)57-43-35-49(36-44-57)33-39-53-41-47-65(63-29-13-11-25-59(53)63)66-48-42-54(60-26-12-14-30-64(60)66)40-34-50-37-45-58(46-38-50)70(56-23-5-2-6-24-56)68-32-16-20-52-18-8-10-28-62(52)68/h1-48H/b39-33+,40-34+. The van der Waals surface area contributed by atoms with Crippen molar-refractivity contribution in [1.82, 2.24) is 0 Å². The Morgan fingerprint density at radius 1 is 0.214 bits per heavy atom. The molecule has 0 saturated heterocycles. The molecule has 0 unspecified atom stereocenters. The average Bonchev–Trinajstić information content (AvgIpc) is 3.43. The predicted octanol–water partition coefficient (Wildman–Crippen LogP) is 19.2. The molecule has 2 heteroatoms. The SMILES string of the molecule is C(=C\c1ccc(-c2ccc(/C=C/c3ccc(N(c4ccccc4)c4cccc5ccccc45)cc3)c3ccccc23)c2ccccc12)/c1ccc(N(c2ccccc2)c2cccc3ccccc23)cc1. The van der Waals surface area contributed by atoms with Crippen LogP contribution in [0, 0.1) is 0 Å². The van der Waals surface area contributed by atoms with Gasteiger partial charge in [-0.3, -0.25) is 0 Å².